The van der Waals surface area contributed by atoms with Crippen molar-refractivity contribution in [3.8, 4) is 0 Å². The van der Waals surface area contributed by atoms with Crippen LogP contribution in [-0.4, -0.2) is 10.7 Å². The van der Waals surface area contributed by atoms with E-state index in [1.54, 1.807) is 19.1 Å². The van der Waals surface area contributed by atoms with Crippen LogP contribution in [0.25, 0.3) is 0 Å². The minimum atomic E-state index is -0.698. The molecule has 0 fully saturated rings. The summed E-state index contributed by atoms with van der Waals surface area (Å²) in [6.45, 7) is 7.18. The molecule has 0 heterocycles. The summed E-state index contributed by atoms with van der Waals surface area (Å²) in [7, 11) is 0. The lowest BCUT2D eigenvalue weighted by molar-refractivity contribution is 0.115. The number of allylic oxidation sites excluding steroid dienone is 1. The minimum Gasteiger partial charge on any atom is -0.386 e. The highest BCUT2D eigenvalue weighted by atomic mass is 16.3. The van der Waals surface area contributed by atoms with E-state index in [0.29, 0.717) is 6.42 Å². The first-order valence-corrected chi connectivity index (χ1v) is 3.09. The third kappa shape index (κ3) is 3.98. The zero-order valence-electron chi connectivity index (χ0n) is 6.09. The predicted octanol–water partition coefficient (Wildman–Crippen LogP) is 1.89. The van der Waals surface area contributed by atoms with Gasteiger partial charge in [0.25, 0.3) is 0 Å². The molecule has 0 rings (SSSR count). The first kappa shape index (κ1) is 8.44. The van der Waals surface area contributed by atoms with Crippen LogP contribution in [0.5, 0.6) is 0 Å². The van der Waals surface area contributed by atoms with Gasteiger partial charge >= 0.3 is 0 Å². The van der Waals surface area contributed by atoms with E-state index in [0.717, 1.165) is 0 Å². The number of aliphatic hydroxyl groups is 1. The predicted molar refractivity (Wildman–Crippen MR) is 40.3 cm³/mol. The van der Waals surface area contributed by atoms with Crippen molar-refractivity contribution < 1.29 is 5.11 Å². The van der Waals surface area contributed by atoms with Crippen molar-refractivity contribution in [2.24, 2.45) is 0 Å². The Morgan fingerprint density at radius 2 is 2.22 bits per heavy atom. The third-order valence-corrected chi connectivity index (χ3v) is 1.08. The van der Waals surface area contributed by atoms with E-state index < -0.39 is 5.60 Å². The highest BCUT2D eigenvalue weighted by molar-refractivity contribution is 4.99. The summed E-state index contributed by atoms with van der Waals surface area (Å²) < 4.78 is 0. The summed E-state index contributed by atoms with van der Waals surface area (Å²) in [6, 6.07) is 0. The summed E-state index contributed by atoms with van der Waals surface area (Å²) in [6.07, 6.45) is 5.91. The van der Waals surface area contributed by atoms with Gasteiger partial charge in [-0.25, -0.2) is 0 Å². The van der Waals surface area contributed by atoms with Gasteiger partial charge in [0.15, 0.2) is 0 Å². The van der Waals surface area contributed by atoms with Crippen LogP contribution >= 0.6 is 0 Å². The minimum absolute atomic E-state index is 0.608. The van der Waals surface area contributed by atoms with Gasteiger partial charge in [0, 0.05) is 0 Å². The fraction of sp³-hybridized carbons (Fsp3) is 0.500. The van der Waals surface area contributed by atoms with Gasteiger partial charge in [0.2, 0.25) is 0 Å². The monoisotopic (exact) mass is 126 g/mol. The van der Waals surface area contributed by atoms with E-state index in [-0.39, 0.29) is 0 Å². The molecule has 9 heavy (non-hydrogen) atoms. The third-order valence-electron chi connectivity index (χ3n) is 1.08. The molecule has 0 bridgehead atoms. The molecule has 0 aromatic rings. The van der Waals surface area contributed by atoms with Gasteiger partial charge in [-0.05, 0) is 20.3 Å². The average molecular weight is 126 g/mol. The van der Waals surface area contributed by atoms with E-state index in [2.05, 4.69) is 6.58 Å². The molecule has 0 spiro atoms. The van der Waals surface area contributed by atoms with Crippen LogP contribution in [0.1, 0.15) is 20.3 Å². The Kier molecular flexibility index (Phi) is 3.25. The molecule has 0 aliphatic rings. The standard InChI is InChI=1S/C8H14O/c1-4-6-8(3,9)7-5-2/h4-5,7,9H,1,6H2,2-3H3/b7-5+/t8-/m1/s1. The molecular formula is C8H14O. The molecule has 0 amide bonds. The second-order valence-electron chi connectivity index (χ2n) is 2.35. The molecule has 0 aromatic carbocycles. The first-order valence-electron chi connectivity index (χ1n) is 3.09. The lowest BCUT2D eigenvalue weighted by Gasteiger charge is -2.15. The Balaban J connectivity index is 3.84. The Labute approximate surface area is 56.7 Å². The van der Waals surface area contributed by atoms with E-state index in [4.69, 9.17) is 0 Å². The molecule has 0 aliphatic carbocycles. The number of hydrogen-bond donors (Lipinski definition) is 1. The van der Waals surface area contributed by atoms with Crippen LogP contribution in [0.15, 0.2) is 24.8 Å². The van der Waals surface area contributed by atoms with Crippen LogP contribution in [0, 0.1) is 0 Å². The molecule has 0 aliphatic heterocycles. The maximum absolute atomic E-state index is 9.36. The van der Waals surface area contributed by atoms with Crippen LogP contribution in [0.4, 0.5) is 0 Å². The molecule has 0 radical (unpaired) electrons. The SMILES string of the molecule is C=CC[C@@](C)(O)/C=C/C. The van der Waals surface area contributed by atoms with Gasteiger partial charge in [-0.2, -0.15) is 0 Å². The first-order chi connectivity index (χ1) is 4.12. The van der Waals surface area contributed by atoms with Crippen molar-refractivity contribution in [3.05, 3.63) is 24.8 Å². The van der Waals surface area contributed by atoms with Crippen LogP contribution in [-0.2, 0) is 0 Å². The number of hydrogen-bond acceptors (Lipinski definition) is 1. The van der Waals surface area contributed by atoms with Gasteiger partial charge in [-0.3, -0.25) is 0 Å². The van der Waals surface area contributed by atoms with Gasteiger partial charge in [-0.15, -0.1) is 6.58 Å². The lowest BCUT2D eigenvalue weighted by Crippen LogP contribution is -2.18. The molecule has 1 atom stereocenters. The summed E-state index contributed by atoms with van der Waals surface area (Å²) in [4.78, 5) is 0. The smallest absolute Gasteiger partial charge is 0.0833 e. The normalized spacial score (nSPS) is 17.7. The van der Waals surface area contributed by atoms with Gasteiger partial charge in [0.1, 0.15) is 0 Å². The maximum Gasteiger partial charge on any atom is 0.0833 e. The van der Waals surface area contributed by atoms with E-state index in [9.17, 15) is 5.11 Å². The second-order valence-corrected chi connectivity index (χ2v) is 2.35. The van der Waals surface area contributed by atoms with Crippen molar-refractivity contribution in [3.63, 3.8) is 0 Å². The quantitative estimate of drug-likeness (QED) is 0.572. The molecule has 1 nitrogen and oxygen atoms in total. The summed E-state index contributed by atoms with van der Waals surface area (Å²) in [5, 5.41) is 9.36. The van der Waals surface area contributed by atoms with Gasteiger partial charge < -0.3 is 5.11 Å². The van der Waals surface area contributed by atoms with Crippen LogP contribution in [0.3, 0.4) is 0 Å². The Bertz CT molecular complexity index is 112. The van der Waals surface area contributed by atoms with Crippen molar-refractivity contribution in [1.82, 2.24) is 0 Å². The zero-order valence-corrected chi connectivity index (χ0v) is 6.09. The van der Waals surface area contributed by atoms with E-state index in [1.807, 2.05) is 13.0 Å². The van der Waals surface area contributed by atoms with Crippen molar-refractivity contribution >= 4 is 0 Å². The van der Waals surface area contributed by atoms with Crippen molar-refractivity contribution in [2.45, 2.75) is 25.9 Å². The van der Waals surface area contributed by atoms with Gasteiger partial charge in [-0.1, -0.05) is 18.2 Å². The van der Waals surface area contributed by atoms with Crippen molar-refractivity contribution in [2.75, 3.05) is 0 Å². The molecule has 0 aromatic heterocycles. The van der Waals surface area contributed by atoms with Gasteiger partial charge in [0.05, 0.1) is 5.60 Å². The van der Waals surface area contributed by atoms with E-state index >= 15 is 0 Å². The molecule has 0 saturated carbocycles. The fourth-order valence-corrected chi connectivity index (χ4v) is 0.719. The summed E-state index contributed by atoms with van der Waals surface area (Å²) >= 11 is 0. The second kappa shape index (κ2) is 3.46. The molecule has 52 valence electrons. The molecule has 1 heteroatoms. The molecule has 1 N–H and O–H groups in total. The molecular weight excluding hydrogens is 112 g/mol. The van der Waals surface area contributed by atoms with E-state index in [1.165, 1.54) is 0 Å². The Morgan fingerprint density at radius 1 is 1.67 bits per heavy atom. The Hall–Kier alpha value is -0.560. The largest absolute Gasteiger partial charge is 0.386 e. The van der Waals surface area contributed by atoms with Crippen LogP contribution < -0.4 is 0 Å². The molecule has 0 unspecified atom stereocenters. The molecule has 0 saturated heterocycles. The van der Waals surface area contributed by atoms with Crippen LogP contribution in [0.2, 0.25) is 0 Å². The number of rotatable bonds is 3. The Morgan fingerprint density at radius 3 is 2.56 bits per heavy atom. The summed E-state index contributed by atoms with van der Waals surface area (Å²) in [5.41, 5.74) is -0.698. The highest BCUT2D eigenvalue weighted by Gasteiger charge is 2.11. The highest BCUT2D eigenvalue weighted by Crippen LogP contribution is 2.10. The van der Waals surface area contributed by atoms with Crippen molar-refractivity contribution in [1.29, 1.82) is 0 Å². The summed E-state index contributed by atoms with van der Waals surface area (Å²) in [5.74, 6) is 0. The topological polar surface area (TPSA) is 20.2 Å². The lowest BCUT2D eigenvalue weighted by atomic mass is 10.0. The fourth-order valence-electron chi connectivity index (χ4n) is 0.719. The zero-order chi connectivity index (χ0) is 7.33. The maximum atomic E-state index is 9.36. The average Bonchev–Trinajstić information content (AvgIpc) is 1.64.